The quantitative estimate of drug-likeness (QED) is 0.739. The Bertz CT molecular complexity index is 577. The van der Waals surface area contributed by atoms with Crippen molar-refractivity contribution < 1.29 is 9.84 Å². The van der Waals surface area contributed by atoms with Crippen LogP contribution in [0.25, 0.3) is 0 Å². The van der Waals surface area contributed by atoms with Gasteiger partial charge in [0, 0.05) is 16.8 Å². The van der Waals surface area contributed by atoms with Gasteiger partial charge in [-0.15, -0.1) is 0 Å². The minimum atomic E-state index is 0.382. The highest BCUT2D eigenvalue weighted by Crippen LogP contribution is 2.38. The molecule has 0 spiro atoms. The number of nitrogens with two attached hydrogens (primary N) is 1. The second kappa shape index (κ2) is 8.98. The number of phenolic OH excluding ortho intramolecular Hbond substituents is 1. The molecule has 3 rings (SSSR count). The standard InChI is InChI=1S/C15H15NO2.2C2H6/c16-10-4-6-11(7-5-10)18-15-9-8-14(17)12-2-1-3-13(12)15;2*1-2/h4-9,17H,1-3,16H2;2*1-2H3. The highest BCUT2D eigenvalue weighted by Gasteiger charge is 2.19. The summed E-state index contributed by atoms with van der Waals surface area (Å²) in [6.07, 6.45) is 2.97. The number of aromatic hydroxyl groups is 1. The van der Waals surface area contributed by atoms with Crippen molar-refractivity contribution in [3.8, 4) is 17.2 Å². The molecule has 0 amide bonds. The molecule has 0 heterocycles. The summed E-state index contributed by atoms with van der Waals surface area (Å²) in [7, 11) is 0. The molecule has 2 aromatic rings. The molecule has 3 nitrogen and oxygen atoms in total. The van der Waals surface area contributed by atoms with Crippen LogP contribution in [-0.4, -0.2) is 5.11 Å². The fourth-order valence-corrected chi connectivity index (χ4v) is 2.41. The van der Waals surface area contributed by atoms with Crippen LogP contribution >= 0.6 is 0 Å². The molecule has 2 aromatic carbocycles. The first kappa shape index (κ1) is 17.9. The zero-order valence-electron chi connectivity index (χ0n) is 14.0. The molecule has 3 heteroatoms. The van der Waals surface area contributed by atoms with Gasteiger partial charge >= 0.3 is 0 Å². The third kappa shape index (κ3) is 4.17. The van der Waals surface area contributed by atoms with Crippen LogP contribution in [0.2, 0.25) is 0 Å². The first-order valence-electron chi connectivity index (χ1n) is 8.11. The van der Waals surface area contributed by atoms with Crippen LogP contribution in [0.1, 0.15) is 45.2 Å². The zero-order chi connectivity index (χ0) is 16.5. The lowest BCUT2D eigenvalue weighted by Gasteiger charge is -2.11. The van der Waals surface area contributed by atoms with Crippen LogP contribution in [0.4, 0.5) is 5.69 Å². The molecule has 0 bridgehead atoms. The van der Waals surface area contributed by atoms with E-state index in [1.807, 2.05) is 58.0 Å². The van der Waals surface area contributed by atoms with Crippen molar-refractivity contribution in [2.45, 2.75) is 47.0 Å². The van der Waals surface area contributed by atoms with Gasteiger partial charge in [-0.1, -0.05) is 27.7 Å². The van der Waals surface area contributed by atoms with Crippen molar-refractivity contribution in [3.05, 3.63) is 47.5 Å². The van der Waals surface area contributed by atoms with Crippen LogP contribution in [0.3, 0.4) is 0 Å². The van der Waals surface area contributed by atoms with Crippen molar-refractivity contribution in [1.82, 2.24) is 0 Å². The van der Waals surface area contributed by atoms with E-state index >= 15 is 0 Å². The van der Waals surface area contributed by atoms with E-state index in [1.54, 1.807) is 6.07 Å². The number of anilines is 1. The summed E-state index contributed by atoms with van der Waals surface area (Å²) in [6, 6.07) is 10.9. The van der Waals surface area contributed by atoms with E-state index in [-0.39, 0.29) is 0 Å². The molecule has 0 aromatic heterocycles. The molecule has 0 radical (unpaired) electrons. The highest BCUT2D eigenvalue weighted by molar-refractivity contribution is 5.52. The average Bonchev–Trinajstić information content (AvgIpc) is 3.07. The van der Waals surface area contributed by atoms with Gasteiger partial charge in [0.1, 0.15) is 17.2 Å². The molecule has 0 unspecified atom stereocenters. The van der Waals surface area contributed by atoms with Crippen LogP contribution < -0.4 is 10.5 Å². The Labute approximate surface area is 133 Å². The van der Waals surface area contributed by atoms with Gasteiger partial charge in [0.2, 0.25) is 0 Å². The van der Waals surface area contributed by atoms with Crippen molar-refractivity contribution in [3.63, 3.8) is 0 Å². The van der Waals surface area contributed by atoms with E-state index in [0.717, 1.165) is 47.6 Å². The van der Waals surface area contributed by atoms with Crippen molar-refractivity contribution in [2.75, 3.05) is 5.73 Å². The van der Waals surface area contributed by atoms with E-state index in [2.05, 4.69) is 0 Å². The normalized spacial score (nSPS) is 11.5. The number of hydrogen-bond acceptors (Lipinski definition) is 3. The average molecular weight is 301 g/mol. The maximum Gasteiger partial charge on any atom is 0.131 e. The Balaban J connectivity index is 0.000000561. The first-order valence-corrected chi connectivity index (χ1v) is 8.11. The van der Waals surface area contributed by atoms with Gasteiger partial charge in [-0.25, -0.2) is 0 Å². The minimum Gasteiger partial charge on any atom is -0.508 e. The van der Waals surface area contributed by atoms with Gasteiger partial charge in [-0.05, 0) is 55.7 Å². The van der Waals surface area contributed by atoms with E-state index in [9.17, 15) is 5.11 Å². The second-order valence-electron chi connectivity index (χ2n) is 4.56. The molecular formula is C19H27NO2. The van der Waals surface area contributed by atoms with E-state index in [4.69, 9.17) is 10.5 Å². The van der Waals surface area contributed by atoms with Crippen LogP contribution in [0.5, 0.6) is 17.2 Å². The number of benzene rings is 2. The topological polar surface area (TPSA) is 55.5 Å². The minimum absolute atomic E-state index is 0.382. The second-order valence-corrected chi connectivity index (χ2v) is 4.56. The van der Waals surface area contributed by atoms with Crippen LogP contribution in [0, 0.1) is 0 Å². The molecular weight excluding hydrogens is 274 g/mol. The summed E-state index contributed by atoms with van der Waals surface area (Å²) in [5, 5.41) is 9.79. The fourth-order valence-electron chi connectivity index (χ4n) is 2.41. The van der Waals surface area contributed by atoms with Crippen molar-refractivity contribution in [1.29, 1.82) is 0 Å². The summed E-state index contributed by atoms with van der Waals surface area (Å²) in [5.74, 6) is 1.99. The predicted octanol–water partition coefficient (Wildman–Crippen LogP) is 5.31. The molecule has 3 N–H and O–H groups in total. The Kier molecular flexibility index (Phi) is 7.30. The third-order valence-electron chi connectivity index (χ3n) is 3.32. The summed E-state index contributed by atoms with van der Waals surface area (Å²) >= 11 is 0. The Morgan fingerprint density at radius 3 is 2.09 bits per heavy atom. The molecule has 120 valence electrons. The fraction of sp³-hybridized carbons (Fsp3) is 0.368. The van der Waals surface area contributed by atoms with Crippen molar-refractivity contribution >= 4 is 5.69 Å². The lowest BCUT2D eigenvalue weighted by Crippen LogP contribution is -1.92. The molecule has 0 atom stereocenters. The predicted molar refractivity (Wildman–Crippen MR) is 93.8 cm³/mol. The van der Waals surface area contributed by atoms with Gasteiger partial charge in [0.25, 0.3) is 0 Å². The number of nitrogen functional groups attached to an aromatic ring is 1. The van der Waals surface area contributed by atoms with Gasteiger partial charge in [-0.2, -0.15) is 0 Å². The van der Waals surface area contributed by atoms with E-state index in [0.29, 0.717) is 5.75 Å². The summed E-state index contributed by atoms with van der Waals surface area (Å²) in [6.45, 7) is 8.00. The molecule has 22 heavy (non-hydrogen) atoms. The van der Waals surface area contributed by atoms with E-state index < -0.39 is 0 Å². The van der Waals surface area contributed by atoms with Crippen molar-refractivity contribution in [2.24, 2.45) is 0 Å². The van der Waals surface area contributed by atoms with Crippen LogP contribution in [-0.2, 0) is 12.8 Å². The number of ether oxygens (including phenoxy) is 1. The maximum absolute atomic E-state index is 9.79. The summed E-state index contributed by atoms with van der Waals surface area (Å²) in [5.41, 5.74) is 8.52. The smallest absolute Gasteiger partial charge is 0.131 e. The van der Waals surface area contributed by atoms with E-state index in [1.165, 1.54) is 0 Å². The number of fused-ring (bicyclic) bond motifs is 1. The SMILES string of the molecule is CC.CC.Nc1ccc(Oc2ccc(O)c3c2CCC3)cc1. The maximum atomic E-state index is 9.79. The first-order chi connectivity index (χ1) is 10.7. The van der Waals surface area contributed by atoms with Gasteiger partial charge in [0.15, 0.2) is 0 Å². The number of hydrogen-bond donors (Lipinski definition) is 2. The number of phenols is 1. The highest BCUT2D eigenvalue weighted by atomic mass is 16.5. The Hall–Kier alpha value is -2.16. The van der Waals surface area contributed by atoms with Gasteiger partial charge in [-0.3, -0.25) is 0 Å². The molecule has 0 fully saturated rings. The molecule has 1 aliphatic carbocycles. The third-order valence-corrected chi connectivity index (χ3v) is 3.32. The summed E-state index contributed by atoms with van der Waals surface area (Å²) in [4.78, 5) is 0. The monoisotopic (exact) mass is 301 g/mol. The van der Waals surface area contributed by atoms with Gasteiger partial charge < -0.3 is 15.6 Å². The Morgan fingerprint density at radius 1 is 0.864 bits per heavy atom. The number of rotatable bonds is 2. The van der Waals surface area contributed by atoms with Crippen LogP contribution in [0.15, 0.2) is 36.4 Å². The zero-order valence-corrected chi connectivity index (χ0v) is 14.0. The van der Waals surface area contributed by atoms with Gasteiger partial charge in [0.05, 0.1) is 0 Å². The summed E-state index contributed by atoms with van der Waals surface area (Å²) < 4.78 is 5.86. The molecule has 0 saturated carbocycles. The molecule has 0 saturated heterocycles. The Morgan fingerprint density at radius 2 is 1.45 bits per heavy atom. The molecule has 0 aliphatic heterocycles. The largest absolute Gasteiger partial charge is 0.508 e. The lowest BCUT2D eigenvalue weighted by molar-refractivity contribution is 0.457. The molecule has 1 aliphatic rings. The lowest BCUT2D eigenvalue weighted by atomic mass is 10.1.